The lowest BCUT2D eigenvalue weighted by Crippen LogP contribution is -2.52. The normalized spacial score (nSPS) is 16.1. The number of nitrogens with zero attached hydrogens (tertiary/aromatic N) is 2. The lowest BCUT2D eigenvalue weighted by Gasteiger charge is -2.35. The van der Waals surface area contributed by atoms with Crippen molar-refractivity contribution < 1.29 is 68.4 Å². The van der Waals surface area contributed by atoms with Crippen LogP contribution in [0.4, 0.5) is 44.3 Å². The first-order chi connectivity index (χ1) is 16.7. The Balaban J connectivity index is 2.10. The van der Waals surface area contributed by atoms with Crippen molar-refractivity contribution in [2.45, 2.75) is 50.8 Å². The molecule has 1 aliphatic rings. The van der Waals surface area contributed by atoms with Crippen molar-refractivity contribution in [2.75, 3.05) is 26.2 Å². The molecule has 0 spiro atoms. The van der Waals surface area contributed by atoms with Gasteiger partial charge in [0.2, 0.25) is 0 Å². The molecule has 1 aromatic carbocycles. The number of piperazine rings is 1. The third-order valence-electron chi connectivity index (χ3n) is 4.91. The number of carboxylic acids is 1. The van der Waals surface area contributed by atoms with Gasteiger partial charge in [-0.3, -0.25) is 4.90 Å². The van der Waals surface area contributed by atoms with Crippen LogP contribution in [0.25, 0.3) is 0 Å². The summed E-state index contributed by atoms with van der Waals surface area (Å²) in [5.41, 5.74) is -1.66. The zero-order valence-corrected chi connectivity index (χ0v) is 19.1. The van der Waals surface area contributed by atoms with Crippen molar-refractivity contribution in [3.8, 4) is 11.5 Å². The minimum absolute atomic E-state index is 0.0844. The number of aliphatic carboxylic acids is 1. The number of rotatable bonds is 7. The van der Waals surface area contributed by atoms with Gasteiger partial charge in [-0.2, -0.15) is 26.3 Å². The van der Waals surface area contributed by atoms with Gasteiger partial charge in [0.05, 0.1) is 0 Å². The first-order valence-electron chi connectivity index (χ1n) is 10.3. The van der Waals surface area contributed by atoms with Crippen LogP contribution in [-0.4, -0.2) is 83.6 Å². The number of carbonyl (C=O) groups excluding carboxylic acids is 1. The van der Waals surface area contributed by atoms with Crippen molar-refractivity contribution in [1.82, 2.24) is 9.80 Å². The van der Waals surface area contributed by atoms with E-state index in [-0.39, 0.29) is 44.0 Å². The van der Waals surface area contributed by atoms with Crippen molar-refractivity contribution in [2.24, 2.45) is 0 Å². The summed E-state index contributed by atoms with van der Waals surface area (Å²) in [7, 11) is 0. The van der Waals surface area contributed by atoms with Gasteiger partial charge in [0.1, 0.15) is 11.5 Å². The molecule has 17 heteroatoms. The highest BCUT2D eigenvalue weighted by atomic mass is 19.4. The predicted molar refractivity (Wildman–Crippen MR) is 105 cm³/mol. The number of halogens is 9. The fraction of sp³-hybridized carbons (Fsp3) is 0.600. The molecule has 0 atom stereocenters. The summed E-state index contributed by atoms with van der Waals surface area (Å²) < 4.78 is 127. The fourth-order valence-corrected chi connectivity index (χ4v) is 3.15. The van der Waals surface area contributed by atoms with Gasteiger partial charge in [0.15, 0.2) is 5.60 Å². The lowest BCUT2D eigenvalue weighted by atomic mass is 10.1. The molecule has 1 aliphatic heterocycles. The molecular formula is C20H21F9N2O6. The molecule has 0 bridgehead atoms. The maximum Gasteiger partial charge on any atom is 0.573 e. The second-order valence-electron chi connectivity index (χ2n) is 8.39. The maximum atomic E-state index is 12.7. The minimum Gasteiger partial charge on any atom is -0.478 e. The van der Waals surface area contributed by atoms with Crippen LogP contribution in [0.3, 0.4) is 0 Å². The quantitative estimate of drug-likeness (QED) is 0.493. The zero-order chi connectivity index (χ0) is 28.4. The van der Waals surface area contributed by atoms with Gasteiger partial charge in [0, 0.05) is 38.8 Å². The highest BCUT2D eigenvalue weighted by molar-refractivity contribution is 5.76. The molecule has 0 unspecified atom stereocenters. The Morgan fingerprint density at radius 3 is 1.78 bits per heavy atom. The molecule has 8 nitrogen and oxygen atoms in total. The Morgan fingerprint density at radius 1 is 0.865 bits per heavy atom. The van der Waals surface area contributed by atoms with Crippen LogP contribution < -0.4 is 9.47 Å². The fourth-order valence-electron chi connectivity index (χ4n) is 3.15. The molecule has 37 heavy (non-hydrogen) atoms. The molecule has 1 heterocycles. The van der Waals surface area contributed by atoms with E-state index in [1.807, 2.05) is 0 Å². The van der Waals surface area contributed by atoms with E-state index in [4.69, 9.17) is 4.74 Å². The summed E-state index contributed by atoms with van der Waals surface area (Å²) in [4.78, 5) is 25.3. The topological polar surface area (TPSA) is 88.5 Å². The number of hydrogen-bond donors (Lipinski definition) is 1. The van der Waals surface area contributed by atoms with E-state index in [0.29, 0.717) is 4.90 Å². The van der Waals surface area contributed by atoms with Crippen LogP contribution in [0, 0.1) is 0 Å². The number of amides is 1. The molecule has 1 amide bonds. The van der Waals surface area contributed by atoms with Crippen LogP contribution in [0.2, 0.25) is 0 Å². The molecule has 0 radical (unpaired) electrons. The Bertz CT molecular complexity index is 957. The first-order valence-corrected chi connectivity index (χ1v) is 10.3. The Kier molecular flexibility index (Phi) is 8.72. The monoisotopic (exact) mass is 556 g/mol. The average Bonchev–Trinajstić information content (AvgIpc) is 2.68. The SMILES string of the molecule is CC(C)(Oc1cc(CN2CCN(C(=O)OC(C(F)(F)F)C(F)(F)F)CC2)cc(OC(F)(F)F)c1)C(=O)O. The van der Waals surface area contributed by atoms with Gasteiger partial charge < -0.3 is 24.2 Å². The summed E-state index contributed by atoms with van der Waals surface area (Å²) in [6.07, 6.45) is -22.9. The summed E-state index contributed by atoms with van der Waals surface area (Å²) in [5, 5.41) is 9.19. The number of alkyl halides is 9. The molecule has 1 aromatic rings. The van der Waals surface area contributed by atoms with E-state index in [2.05, 4.69) is 9.47 Å². The van der Waals surface area contributed by atoms with Crippen LogP contribution >= 0.6 is 0 Å². The van der Waals surface area contributed by atoms with Crippen LogP contribution in [-0.2, 0) is 16.1 Å². The molecule has 0 aliphatic carbocycles. The molecule has 0 saturated carbocycles. The first kappa shape index (κ1) is 30.1. The maximum absolute atomic E-state index is 12.7. The van der Waals surface area contributed by atoms with Crippen LogP contribution in [0.5, 0.6) is 11.5 Å². The van der Waals surface area contributed by atoms with Gasteiger partial charge in [-0.25, -0.2) is 9.59 Å². The summed E-state index contributed by atoms with van der Waals surface area (Å²) in [6, 6.07) is 3.06. The summed E-state index contributed by atoms with van der Waals surface area (Å²) in [6.45, 7) is 1.37. The Labute approximate surface area is 203 Å². The van der Waals surface area contributed by atoms with Gasteiger partial charge in [0.25, 0.3) is 6.10 Å². The van der Waals surface area contributed by atoms with E-state index in [1.165, 1.54) is 11.0 Å². The van der Waals surface area contributed by atoms with Gasteiger partial charge >= 0.3 is 30.8 Å². The number of carboxylic acid groups (broad SMARTS) is 1. The van der Waals surface area contributed by atoms with Gasteiger partial charge in [-0.1, -0.05) is 0 Å². The molecular weight excluding hydrogens is 535 g/mol. The minimum atomic E-state index is -5.87. The zero-order valence-electron chi connectivity index (χ0n) is 19.1. The van der Waals surface area contributed by atoms with E-state index >= 15 is 0 Å². The Morgan fingerprint density at radius 2 is 1.35 bits per heavy atom. The number of benzene rings is 1. The second kappa shape index (κ2) is 10.7. The third-order valence-corrected chi connectivity index (χ3v) is 4.91. The van der Waals surface area contributed by atoms with E-state index in [9.17, 15) is 54.2 Å². The summed E-state index contributed by atoms with van der Waals surface area (Å²) in [5.74, 6) is -2.39. The lowest BCUT2D eigenvalue weighted by molar-refractivity contribution is -0.308. The molecule has 2 rings (SSSR count). The molecule has 1 saturated heterocycles. The second-order valence-corrected chi connectivity index (χ2v) is 8.39. The molecule has 1 fully saturated rings. The number of hydrogen-bond acceptors (Lipinski definition) is 6. The average molecular weight is 556 g/mol. The highest BCUT2D eigenvalue weighted by Crippen LogP contribution is 2.36. The molecule has 0 aromatic heterocycles. The summed E-state index contributed by atoms with van der Waals surface area (Å²) >= 11 is 0. The van der Waals surface area contributed by atoms with Crippen LogP contribution in [0.15, 0.2) is 18.2 Å². The smallest absolute Gasteiger partial charge is 0.478 e. The third kappa shape index (κ3) is 9.05. The molecule has 1 N–H and O–H groups in total. The van der Waals surface area contributed by atoms with E-state index in [0.717, 1.165) is 26.0 Å². The molecule has 210 valence electrons. The number of ether oxygens (including phenoxy) is 3. The van der Waals surface area contributed by atoms with Crippen molar-refractivity contribution in [1.29, 1.82) is 0 Å². The van der Waals surface area contributed by atoms with E-state index in [1.54, 1.807) is 0 Å². The number of carbonyl (C=O) groups is 2. The van der Waals surface area contributed by atoms with Crippen LogP contribution in [0.1, 0.15) is 19.4 Å². The highest BCUT2D eigenvalue weighted by Gasteiger charge is 2.60. The predicted octanol–water partition coefficient (Wildman–Crippen LogP) is 4.57. The van der Waals surface area contributed by atoms with Crippen molar-refractivity contribution in [3.63, 3.8) is 0 Å². The van der Waals surface area contributed by atoms with Crippen molar-refractivity contribution >= 4 is 12.1 Å². The van der Waals surface area contributed by atoms with Gasteiger partial charge in [-0.15, -0.1) is 13.2 Å². The van der Waals surface area contributed by atoms with Gasteiger partial charge in [-0.05, 0) is 31.5 Å². The van der Waals surface area contributed by atoms with E-state index < -0.39 is 48.2 Å². The largest absolute Gasteiger partial charge is 0.573 e. The Hall–Kier alpha value is -3.11. The standard InChI is InChI=1S/C20H21F9N2O6/c1-17(2,15(32)33)36-12-7-11(8-13(9-12)37-20(27,28)29)10-30-3-5-31(6-4-30)16(34)35-14(18(21,22)23)19(24,25)26/h7-9,14H,3-6,10H2,1-2H3,(H,32,33). The van der Waals surface area contributed by atoms with Crippen molar-refractivity contribution in [3.05, 3.63) is 23.8 Å².